The van der Waals surface area contributed by atoms with Crippen LogP contribution in [0, 0.1) is 0 Å². The van der Waals surface area contributed by atoms with Crippen LogP contribution in [0.15, 0.2) is 61.8 Å². The number of hydrogen-bond acceptors (Lipinski definition) is 6. The van der Waals surface area contributed by atoms with E-state index in [1.807, 2.05) is 20.8 Å². The zero-order valence-electron chi connectivity index (χ0n) is 19.1. The van der Waals surface area contributed by atoms with Crippen molar-refractivity contribution >= 4 is 22.9 Å². The van der Waals surface area contributed by atoms with Crippen molar-refractivity contribution in [3.05, 3.63) is 79.4 Å². The molecule has 0 amide bonds. The van der Waals surface area contributed by atoms with Crippen LogP contribution in [0.4, 0.5) is 5.69 Å². The molecule has 0 radical (unpaired) electrons. The largest absolute Gasteiger partial charge is 0.494 e. The minimum absolute atomic E-state index is 0.0994. The lowest BCUT2D eigenvalue weighted by molar-refractivity contribution is 0.340. The molecule has 0 bridgehead atoms. The Labute approximate surface area is 194 Å². The molecule has 0 spiro atoms. The maximum atomic E-state index is 12.6. The number of benzene rings is 2. The summed E-state index contributed by atoms with van der Waals surface area (Å²) in [7, 11) is 0. The Hall–Kier alpha value is -4.34. The third-order valence-corrected chi connectivity index (χ3v) is 5.50. The molecule has 176 valence electrons. The summed E-state index contributed by atoms with van der Waals surface area (Å²) in [6.45, 7) is 7.19. The monoisotopic (exact) mass is 463 g/mol. The molecule has 0 saturated heterocycles. The van der Waals surface area contributed by atoms with Crippen molar-refractivity contribution in [2.75, 3.05) is 6.61 Å². The average molecular weight is 463 g/mol. The van der Waals surface area contributed by atoms with E-state index in [1.165, 1.54) is 6.21 Å². The fourth-order valence-electron chi connectivity index (χ4n) is 3.89. The van der Waals surface area contributed by atoms with Crippen LogP contribution in [0.1, 0.15) is 26.3 Å². The van der Waals surface area contributed by atoms with Crippen molar-refractivity contribution in [3.8, 4) is 17.3 Å². The first-order chi connectivity index (χ1) is 16.4. The topological polar surface area (TPSA) is 124 Å². The summed E-state index contributed by atoms with van der Waals surface area (Å²) < 4.78 is 9.71. The molecule has 0 atom stereocenters. The quantitative estimate of drug-likeness (QED) is 0.408. The van der Waals surface area contributed by atoms with E-state index in [9.17, 15) is 19.5 Å². The third kappa shape index (κ3) is 3.94. The van der Waals surface area contributed by atoms with Crippen molar-refractivity contribution in [2.24, 2.45) is 4.99 Å². The Bertz CT molecular complexity index is 1550. The van der Waals surface area contributed by atoms with E-state index in [1.54, 1.807) is 51.6 Å². The molecule has 2 heterocycles. The Kier molecular flexibility index (Phi) is 6.22. The van der Waals surface area contributed by atoms with Gasteiger partial charge in [0, 0.05) is 19.3 Å². The summed E-state index contributed by atoms with van der Waals surface area (Å²) in [5.74, 6) is 0.0770. The summed E-state index contributed by atoms with van der Waals surface area (Å²) in [4.78, 5) is 43.9. The van der Waals surface area contributed by atoms with E-state index < -0.39 is 17.1 Å². The van der Waals surface area contributed by atoms with Gasteiger partial charge in [-0.3, -0.25) is 23.9 Å². The number of rotatable bonds is 7. The predicted molar refractivity (Wildman–Crippen MR) is 130 cm³/mol. The second-order valence-electron chi connectivity index (χ2n) is 7.46. The summed E-state index contributed by atoms with van der Waals surface area (Å²) in [6, 6.07) is 11.8. The van der Waals surface area contributed by atoms with Crippen LogP contribution in [0.25, 0.3) is 16.7 Å². The van der Waals surface area contributed by atoms with E-state index >= 15 is 0 Å². The second-order valence-corrected chi connectivity index (χ2v) is 7.46. The molecule has 0 aliphatic carbocycles. The van der Waals surface area contributed by atoms with Gasteiger partial charge in [0.25, 0.3) is 5.56 Å². The van der Waals surface area contributed by atoms with Gasteiger partial charge in [-0.05, 0) is 63.2 Å². The Morgan fingerprint density at radius 2 is 1.65 bits per heavy atom. The van der Waals surface area contributed by atoms with Gasteiger partial charge in [0.15, 0.2) is 0 Å². The SMILES string of the molecule is CCOc1ccc(-n2c(O)c(C=Nc3ccc4c(c3)n(CC)c(=O)n4CC)c(=O)[nH]c2=O)cc1. The van der Waals surface area contributed by atoms with Gasteiger partial charge < -0.3 is 9.84 Å². The molecule has 0 saturated carbocycles. The van der Waals surface area contributed by atoms with Gasteiger partial charge in [-0.2, -0.15) is 0 Å². The molecular weight excluding hydrogens is 438 g/mol. The van der Waals surface area contributed by atoms with Crippen molar-refractivity contribution < 1.29 is 9.84 Å². The van der Waals surface area contributed by atoms with Gasteiger partial charge in [-0.1, -0.05) is 0 Å². The first-order valence-corrected chi connectivity index (χ1v) is 11.0. The van der Waals surface area contributed by atoms with Crippen LogP contribution >= 0.6 is 0 Å². The predicted octanol–water partition coefficient (Wildman–Crippen LogP) is 2.54. The molecular formula is C24H25N5O5. The molecule has 4 rings (SSSR count). The van der Waals surface area contributed by atoms with Gasteiger partial charge in [-0.25, -0.2) is 14.2 Å². The highest BCUT2D eigenvalue weighted by atomic mass is 16.5. The van der Waals surface area contributed by atoms with E-state index in [-0.39, 0.29) is 11.3 Å². The number of fused-ring (bicyclic) bond motifs is 1. The molecule has 4 aromatic rings. The van der Waals surface area contributed by atoms with Crippen molar-refractivity contribution in [1.29, 1.82) is 0 Å². The standard InChI is InChI=1S/C24H25N5O5/c1-4-27-19-12-7-15(13-20(19)28(5-2)24(27)33)25-14-18-21(30)26-23(32)29(22(18)31)16-8-10-17(11-9-16)34-6-3/h7-14,31H,4-6H2,1-3H3,(H,26,30,32). The minimum atomic E-state index is -0.780. The lowest BCUT2D eigenvalue weighted by atomic mass is 10.2. The van der Waals surface area contributed by atoms with E-state index in [2.05, 4.69) is 9.98 Å². The summed E-state index contributed by atoms with van der Waals surface area (Å²) in [5, 5.41) is 10.8. The molecule has 0 aliphatic rings. The van der Waals surface area contributed by atoms with Gasteiger partial charge >= 0.3 is 11.4 Å². The normalized spacial score (nSPS) is 11.5. The van der Waals surface area contributed by atoms with Crippen molar-refractivity contribution in [3.63, 3.8) is 0 Å². The van der Waals surface area contributed by atoms with Crippen LogP contribution in [-0.2, 0) is 13.1 Å². The van der Waals surface area contributed by atoms with Crippen LogP contribution in [0.3, 0.4) is 0 Å². The number of aliphatic imine (C=N–C) groups is 1. The maximum Gasteiger partial charge on any atom is 0.335 e. The van der Waals surface area contributed by atoms with Crippen LogP contribution < -0.4 is 21.7 Å². The molecule has 2 N–H and O–H groups in total. The number of nitrogens with one attached hydrogen (secondary N) is 1. The molecule has 10 heteroatoms. The third-order valence-electron chi connectivity index (χ3n) is 5.50. The molecule has 0 unspecified atom stereocenters. The lowest BCUT2D eigenvalue weighted by Crippen LogP contribution is -2.31. The zero-order chi connectivity index (χ0) is 24.4. The van der Waals surface area contributed by atoms with E-state index in [4.69, 9.17) is 4.74 Å². The molecule has 34 heavy (non-hydrogen) atoms. The van der Waals surface area contributed by atoms with Crippen LogP contribution in [-0.4, -0.2) is 36.6 Å². The number of hydrogen-bond donors (Lipinski definition) is 2. The van der Waals surface area contributed by atoms with Gasteiger partial charge in [0.1, 0.15) is 11.3 Å². The molecule has 2 aromatic carbocycles. The highest BCUT2D eigenvalue weighted by Gasteiger charge is 2.15. The molecule has 0 fully saturated rings. The molecule has 0 aliphatic heterocycles. The maximum absolute atomic E-state index is 12.6. The Morgan fingerprint density at radius 1 is 0.971 bits per heavy atom. The van der Waals surface area contributed by atoms with Gasteiger partial charge in [0.2, 0.25) is 5.88 Å². The number of ether oxygens (including phenoxy) is 1. The average Bonchev–Trinajstić information content (AvgIpc) is 3.09. The smallest absolute Gasteiger partial charge is 0.335 e. The van der Waals surface area contributed by atoms with Crippen molar-refractivity contribution in [2.45, 2.75) is 33.9 Å². The van der Waals surface area contributed by atoms with Gasteiger partial charge in [-0.15, -0.1) is 0 Å². The Balaban J connectivity index is 1.77. The number of aromatic amines is 1. The second kappa shape index (κ2) is 9.26. The number of aromatic nitrogens is 4. The summed E-state index contributed by atoms with van der Waals surface area (Å²) in [5.41, 5.74) is 0.534. The first-order valence-electron chi connectivity index (χ1n) is 11.0. The highest BCUT2D eigenvalue weighted by Crippen LogP contribution is 2.22. The summed E-state index contributed by atoms with van der Waals surface area (Å²) in [6.07, 6.45) is 1.20. The van der Waals surface area contributed by atoms with E-state index in [0.717, 1.165) is 15.6 Å². The van der Waals surface area contributed by atoms with Gasteiger partial charge in [0.05, 0.1) is 29.0 Å². The fraction of sp³-hybridized carbons (Fsp3) is 0.250. The highest BCUT2D eigenvalue weighted by molar-refractivity contribution is 5.86. The number of nitrogens with zero attached hydrogens (tertiary/aromatic N) is 4. The number of aromatic hydroxyl groups is 1. The lowest BCUT2D eigenvalue weighted by Gasteiger charge is -2.10. The Morgan fingerprint density at radius 3 is 2.29 bits per heavy atom. The van der Waals surface area contributed by atoms with Crippen LogP contribution in [0.5, 0.6) is 11.6 Å². The molecule has 2 aromatic heterocycles. The van der Waals surface area contributed by atoms with E-state index in [0.29, 0.717) is 36.8 Å². The number of H-pyrrole nitrogens is 1. The van der Waals surface area contributed by atoms with Crippen LogP contribution in [0.2, 0.25) is 0 Å². The fourth-order valence-corrected chi connectivity index (χ4v) is 3.89. The first kappa shape index (κ1) is 22.8. The molecule has 10 nitrogen and oxygen atoms in total. The van der Waals surface area contributed by atoms with Crippen molar-refractivity contribution in [1.82, 2.24) is 18.7 Å². The number of imidazole rings is 1. The zero-order valence-corrected chi connectivity index (χ0v) is 19.1. The number of aryl methyl sites for hydroxylation is 2. The minimum Gasteiger partial charge on any atom is -0.494 e. The summed E-state index contributed by atoms with van der Waals surface area (Å²) >= 11 is 0.